The van der Waals surface area contributed by atoms with E-state index in [1.165, 1.54) is 0 Å². The van der Waals surface area contributed by atoms with Crippen molar-refractivity contribution in [2.45, 2.75) is 0 Å². The molecule has 1 heterocycles. The number of aromatic hydroxyl groups is 1. The van der Waals surface area contributed by atoms with E-state index in [2.05, 4.69) is 11.1 Å². The molecule has 0 saturated heterocycles. The van der Waals surface area contributed by atoms with Gasteiger partial charge in [0.05, 0.1) is 13.3 Å². The molecule has 0 saturated carbocycles. The van der Waals surface area contributed by atoms with Gasteiger partial charge in [-0.3, -0.25) is 4.98 Å². The van der Waals surface area contributed by atoms with Gasteiger partial charge in [0.2, 0.25) is 0 Å². The molecule has 0 aliphatic carbocycles. The van der Waals surface area contributed by atoms with Gasteiger partial charge in [-0.2, -0.15) is 0 Å². The van der Waals surface area contributed by atoms with Crippen LogP contribution in [-0.2, 0) is 0 Å². The lowest BCUT2D eigenvalue weighted by Crippen LogP contribution is -1.86. The molecule has 3 nitrogen and oxygen atoms in total. The van der Waals surface area contributed by atoms with Gasteiger partial charge in [0.1, 0.15) is 11.5 Å². The van der Waals surface area contributed by atoms with Crippen molar-refractivity contribution in [1.29, 1.82) is 0 Å². The fourth-order valence-corrected chi connectivity index (χ4v) is 1.33. The third-order valence-corrected chi connectivity index (χ3v) is 2.07. The Morgan fingerprint density at radius 2 is 2.27 bits per heavy atom. The Labute approximate surface area is 88.0 Å². The van der Waals surface area contributed by atoms with Crippen LogP contribution in [0.1, 0.15) is 0 Å². The van der Waals surface area contributed by atoms with Crippen molar-refractivity contribution in [3.63, 3.8) is 0 Å². The molecule has 1 aromatic heterocycles. The number of methoxy groups -OCH3 is 1. The van der Waals surface area contributed by atoms with Crippen molar-refractivity contribution in [3.05, 3.63) is 42.7 Å². The summed E-state index contributed by atoms with van der Waals surface area (Å²) in [4.78, 5) is 4.02. The summed E-state index contributed by atoms with van der Waals surface area (Å²) in [5.41, 5.74) is 1.41. The van der Waals surface area contributed by atoms with Gasteiger partial charge in [0, 0.05) is 17.3 Å². The molecule has 75 valence electrons. The third kappa shape index (κ3) is 1.91. The second-order valence-electron chi connectivity index (χ2n) is 3.04. The van der Waals surface area contributed by atoms with Crippen molar-refractivity contribution in [2.75, 3.05) is 7.11 Å². The van der Waals surface area contributed by atoms with Crippen LogP contribution in [0.15, 0.2) is 36.7 Å². The van der Waals surface area contributed by atoms with E-state index in [9.17, 15) is 5.11 Å². The van der Waals surface area contributed by atoms with Crippen LogP contribution >= 0.6 is 0 Å². The highest BCUT2D eigenvalue weighted by Crippen LogP contribution is 2.29. The molecule has 0 atom stereocenters. The van der Waals surface area contributed by atoms with E-state index in [1.807, 2.05) is 0 Å². The average molecular weight is 200 g/mol. The molecule has 1 N–H and O–H groups in total. The molecule has 1 radical (unpaired) electrons. The van der Waals surface area contributed by atoms with E-state index in [0.29, 0.717) is 11.3 Å². The van der Waals surface area contributed by atoms with Crippen molar-refractivity contribution in [3.8, 4) is 22.6 Å². The summed E-state index contributed by atoms with van der Waals surface area (Å²) in [6.45, 7) is 0. The van der Waals surface area contributed by atoms with Gasteiger partial charge in [-0.15, -0.1) is 0 Å². The van der Waals surface area contributed by atoms with Gasteiger partial charge in [0.25, 0.3) is 0 Å². The van der Waals surface area contributed by atoms with Crippen LogP contribution in [0.25, 0.3) is 11.1 Å². The lowest BCUT2D eigenvalue weighted by Gasteiger charge is -2.05. The monoisotopic (exact) mass is 200 g/mol. The van der Waals surface area contributed by atoms with Crippen molar-refractivity contribution < 1.29 is 9.84 Å². The molecule has 15 heavy (non-hydrogen) atoms. The number of hydrogen-bond acceptors (Lipinski definition) is 3. The standard InChI is InChI=1S/C12H10NO2/c1-15-10-6-9(7-13-8-10)11-4-2-3-5-12(11)14/h2-3,5-8,14H,1H3. The topological polar surface area (TPSA) is 42.4 Å². The van der Waals surface area contributed by atoms with Crippen molar-refractivity contribution in [1.82, 2.24) is 4.98 Å². The van der Waals surface area contributed by atoms with Gasteiger partial charge in [-0.1, -0.05) is 12.1 Å². The van der Waals surface area contributed by atoms with Gasteiger partial charge in [-0.25, -0.2) is 0 Å². The molecule has 3 heteroatoms. The quantitative estimate of drug-likeness (QED) is 0.808. The first-order chi connectivity index (χ1) is 7.31. The second kappa shape index (κ2) is 4.00. The van der Waals surface area contributed by atoms with Gasteiger partial charge >= 0.3 is 0 Å². The summed E-state index contributed by atoms with van der Waals surface area (Å²) < 4.78 is 5.06. The maximum atomic E-state index is 9.63. The Morgan fingerprint density at radius 3 is 3.00 bits per heavy atom. The molecule has 0 aliphatic rings. The highest BCUT2D eigenvalue weighted by molar-refractivity contribution is 5.69. The van der Waals surface area contributed by atoms with Crippen LogP contribution in [0.4, 0.5) is 0 Å². The Morgan fingerprint density at radius 1 is 1.40 bits per heavy atom. The van der Waals surface area contributed by atoms with E-state index in [1.54, 1.807) is 43.8 Å². The van der Waals surface area contributed by atoms with Crippen LogP contribution in [0.5, 0.6) is 11.5 Å². The normalized spacial score (nSPS) is 9.93. The average Bonchev–Trinajstić information content (AvgIpc) is 2.30. The Hall–Kier alpha value is -2.03. The molecule has 0 fully saturated rings. The zero-order valence-corrected chi connectivity index (χ0v) is 8.27. The van der Waals surface area contributed by atoms with Crippen molar-refractivity contribution >= 4 is 0 Å². The summed E-state index contributed by atoms with van der Waals surface area (Å²) in [7, 11) is 1.58. The predicted molar refractivity (Wildman–Crippen MR) is 56.7 cm³/mol. The molecule has 2 aromatic rings. The maximum Gasteiger partial charge on any atom is 0.137 e. The minimum absolute atomic E-state index is 0.188. The molecule has 0 amide bonds. The molecule has 0 spiro atoms. The maximum absolute atomic E-state index is 9.63. The molecular weight excluding hydrogens is 190 g/mol. The van der Waals surface area contributed by atoms with Crippen LogP contribution < -0.4 is 4.74 Å². The number of pyridine rings is 1. The van der Waals surface area contributed by atoms with E-state index < -0.39 is 0 Å². The lowest BCUT2D eigenvalue weighted by atomic mass is 10.1. The second-order valence-corrected chi connectivity index (χ2v) is 3.04. The molecule has 2 rings (SSSR count). The van der Waals surface area contributed by atoms with E-state index >= 15 is 0 Å². The highest BCUT2D eigenvalue weighted by atomic mass is 16.5. The number of nitrogens with zero attached hydrogens (tertiary/aromatic N) is 1. The van der Waals surface area contributed by atoms with Crippen LogP contribution in [0.2, 0.25) is 0 Å². The first kappa shape index (κ1) is 9.52. The summed E-state index contributed by atoms with van der Waals surface area (Å²) in [6, 6.07) is 9.85. The number of phenolic OH excluding ortho intramolecular Hbond substituents is 1. The number of hydrogen-bond donors (Lipinski definition) is 1. The molecule has 0 unspecified atom stereocenters. The summed E-state index contributed by atoms with van der Waals surface area (Å²) in [5.74, 6) is 0.844. The zero-order valence-electron chi connectivity index (χ0n) is 8.27. The largest absolute Gasteiger partial charge is 0.507 e. The lowest BCUT2D eigenvalue weighted by molar-refractivity contribution is 0.413. The van der Waals surface area contributed by atoms with Crippen molar-refractivity contribution in [2.24, 2.45) is 0 Å². The van der Waals surface area contributed by atoms with E-state index in [4.69, 9.17) is 4.74 Å². The first-order valence-corrected chi connectivity index (χ1v) is 4.50. The summed E-state index contributed by atoms with van der Waals surface area (Å²) in [6.07, 6.45) is 3.28. The van der Waals surface area contributed by atoms with Gasteiger partial charge in [-0.05, 0) is 18.2 Å². The first-order valence-electron chi connectivity index (χ1n) is 4.50. The number of phenols is 1. The molecule has 0 aliphatic heterocycles. The number of benzene rings is 1. The third-order valence-electron chi connectivity index (χ3n) is 2.07. The Bertz CT molecular complexity index is 469. The van der Waals surface area contributed by atoms with Crippen LogP contribution in [0.3, 0.4) is 0 Å². The summed E-state index contributed by atoms with van der Waals surface area (Å²) in [5, 5.41) is 9.63. The SMILES string of the molecule is COc1cncc(-c2[c]cccc2O)c1. The number of rotatable bonds is 2. The van der Waals surface area contributed by atoms with Crippen LogP contribution in [0, 0.1) is 6.07 Å². The predicted octanol–water partition coefficient (Wildman–Crippen LogP) is 2.26. The fraction of sp³-hybridized carbons (Fsp3) is 0.0833. The fourth-order valence-electron chi connectivity index (χ4n) is 1.33. The molecule has 0 bridgehead atoms. The number of aromatic nitrogens is 1. The molecule has 1 aromatic carbocycles. The van der Waals surface area contributed by atoms with Crippen LogP contribution in [-0.4, -0.2) is 17.2 Å². The smallest absolute Gasteiger partial charge is 0.137 e. The number of ether oxygens (including phenoxy) is 1. The summed E-state index contributed by atoms with van der Waals surface area (Å²) >= 11 is 0. The van der Waals surface area contributed by atoms with E-state index in [0.717, 1.165) is 5.56 Å². The minimum Gasteiger partial charge on any atom is -0.507 e. The Balaban J connectivity index is 2.49. The van der Waals surface area contributed by atoms with E-state index in [-0.39, 0.29) is 5.75 Å². The Kier molecular flexibility index (Phi) is 2.54. The van der Waals surface area contributed by atoms with Gasteiger partial charge < -0.3 is 9.84 Å². The minimum atomic E-state index is 0.188. The highest BCUT2D eigenvalue weighted by Gasteiger charge is 2.04. The van der Waals surface area contributed by atoms with Gasteiger partial charge in [0.15, 0.2) is 0 Å². The zero-order chi connectivity index (χ0) is 10.7. The molecular formula is C12H10NO2.